The van der Waals surface area contributed by atoms with Crippen molar-refractivity contribution in [1.29, 1.82) is 0 Å². The minimum Gasteiger partial charge on any atom is -0.461 e. The number of nitrogens with zero attached hydrogens (tertiary/aromatic N) is 2. The van der Waals surface area contributed by atoms with Crippen LogP contribution in [0, 0.1) is 0 Å². The molecule has 0 aliphatic carbocycles. The Bertz CT molecular complexity index is 1140. The fraction of sp³-hybridized carbons (Fsp3) is 0.429. The van der Waals surface area contributed by atoms with E-state index in [1.807, 2.05) is 0 Å². The van der Waals surface area contributed by atoms with Gasteiger partial charge in [-0.25, -0.2) is 9.78 Å². The molecule has 1 aromatic carbocycles. The molecule has 1 saturated heterocycles. The number of aromatic amines is 1. The van der Waals surface area contributed by atoms with E-state index in [2.05, 4.69) is 15.3 Å². The number of ether oxygens (including phenoxy) is 2. The number of hydrogen-bond donors (Lipinski definition) is 3. The molecule has 0 unspecified atom stereocenters. The summed E-state index contributed by atoms with van der Waals surface area (Å²) in [6.45, 7) is 6.48. The van der Waals surface area contributed by atoms with Crippen LogP contribution in [0.15, 0.2) is 29.5 Å². The van der Waals surface area contributed by atoms with Crippen LogP contribution in [0.3, 0.4) is 0 Å². The third kappa shape index (κ3) is 4.24. The predicted octanol–water partition coefficient (Wildman–Crippen LogP) is 2.00. The van der Waals surface area contributed by atoms with E-state index < -0.39 is 23.6 Å². The molecule has 0 saturated carbocycles. The number of benzene rings is 1. The van der Waals surface area contributed by atoms with Crippen molar-refractivity contribution >= 4 is 52.3 Å². The second-order valence-corrected chi connectivity index (χ2v) is 9.73. The number of fused-ring (bicyclic) bond motifs is 2. The lowest BCUT2D eigenvalue weighted by atomic mass is 10.0. The first-order valence-electron chi connectivity index (χ1n) is 10.1. The van der Waals surface area contributed by atoms with E-state index in [0.717, 1.165) is 11.0 Å². The van der Waals surface area contributed by atoms with E-state index in [9.17, 15) is 14.4 Å². The number of nitrogens with two attached hydrogens (primary N) is 1. The predicted molar refractivity (Wildman–Crippen MR) is 121 cm³/mol. The lowest BCUT2D eigenvalue weighted by Crippen LogP contribution is -2.68. The van der Waals surface area contributed by atoms with Crippen LogP contribution in [-0.2, 0) is 23.9 Å². The van der Waals surface area contributed by atoms with Gasteiger partial charge in [-0.15, -0.1) is 11.8 Å². The van der Waals surface area contributed by atoms with Crippen molar-refractivity contribution in [3.05, 3.63) is 29.5 Å². The fourth-order valence-corrected chi connectivity index (χ4v) is 4.87. The topological polar surface area (TPSA) is 140 Å². The number of aromatic nitrogens is 2. The molecular weight excluding hydrogens is 434 g/mol. The van der Waals surface area contributed by atoms with Crippen LogP contribution in [0.4, 0.5) is 11.6 Å². The SMILES string of the molecule is CC(=O)OCC1=C(C(=O)OC(C)(C)C)N2C(=O)[C@@H](Nc3nc4ccc(N)cc4[nH]3)[C@H]2SC1. The standard InChI is InChI=1S/C21H25N5O5S/c1-10(27)30-8-11-9-32-18-15(17(28)26(18)16(11)19(29)31-21(2,3)4)25-20-23-13-6-5-12(22)7-14(13)24-20/h5-7,15,18H,8-9,22H2,1-4H3,(H2,23,24,25)/t15-,18-/m1/s1. The number of carbonyl (C=O) groups is 3. The molecule has 4 N–H and O–H groups in total. The first-order chi connectivity index (χ1) is 15.0. The quantitative estimate of drug-likeness (QED) is 0.348. The number of imidazole rings is 1. The van der Waals surface area contributed by atoms with Gasteiger partial charge in [0.15, 0.2) is 0 Å². The fourth-order valence-electron chi connectivity index (χ4n) is 3.54. The summed E-state index contributed by atoms with van der Waals surface area (Å²) in [7, 11) is 0. The van der Waals surface area contributed by atoms with E-state index in [0.29, 0.717) is 23.0 Å². The van der Waals surface area contributed by atoms with E-state index in [1.54, 1.807) is 39.0 Å². The summed E-state index contributed by atoms with van der Waals surface area (Å²) < 4.78 is 10.6. The maximum Gasteiger partial charge on any atom is 0.355 e. The van der Waals surface area contributed by atoms with Crippen molar-refractivity contribution in [3.8, 4) is 0 Å². The molecule has 11 heteroatoms. The van der Waals surface area contributed by atoms with Crippen LogP contribution < -0.4 is 11.1 Å². The average molecular weight is 460 g/mol. The highest BCUT2D eigenvalue weighted by Gasteiger charge is 2.54. The van der Waals surface area contributed by atoms with Crippen LogP contribution in [0.25, 0.3) is 11.0 Å². The second kappa shape index (κ2) is 8.05. The van der Waals surface area contributed by atoms with Gasteiger partial charge in [0, 0.05) is 23.9 Å². The third-order valence-corrected chi connectivity index (χ3v) is 6.23. The molecule has 1 amide bonds. The number of amides is 1. The number of esters is 2. The van der Waals surface area contributed by atoms with Gasteiger partial charge in [0.05, 0.1) is 11.0 Å². The molecule has 3 heterocycles. The molecule has 2 atom stereocenters. The summed E-state index contributed by atoms with van der Waals surface area (Å²) in [5.41, 5.74) is 7.84. The molecule has 0 spiro atoms. The highest BCUT2D eigenvalue weighted by Crippen LogP contribution is 2.42. The molecule has 10 nitrogen and oxygen atoms in total. The largest absolute Gasteiger partial charge is 0.461 e. The lowest BCUT2D eigenvalue weighted by Gasteiger charge is -2.49. The normalized spacial score (nSPS) is 20.6. The number of hydrogen-bond acceptors (Lipinski definition) is 9. The Hall–Kier alpha value is -3.21. The molecule has 4 rings (SSSR count). The van der Waals surface area contributed by atoms with Gasteiger partial charge in [0.25, 0.3) is 5.91 Å². The molecular formula is C21H25N5O5S. The maximum atomic E-state index is 13.1. The Balaban J connectivity index is 1.57. The molecule has 0 radical (unpaired) electrons. The Labute approximate surface area is 188 Å². The zero-order chi connectivity index (χ0) is 23.2. The van der Waals surface area contributed by atoms with Gasteiger partial charge in [-0.3, -0.25) is 14.5 Å². The average Bonchev–Trinajstić information content (AvgIpc) is 3.10. The Morgan fingerprint density at radius 3 is 2.81 bits per heavy atom. The summed E-state index contributed by atoms with van der Waals surface area (Å²) in [4.78, 5) is 46.3. The minimum absolute atomic E-state index is 0.0729. The summed E-state index contributed by atoms with van der Waals surface area (Å²) in [5, 5.41) is 2.80. The van der Waals surface area contributed by atoms with Crippen molar-refractivity contribution in [2.24, 2.45) is 0 Å². The van der Waals surface area contributed by atoms with Crippen molar-refractivity contribution in [3.63, 3.8) is 0 Å². The van der Waals surface area contributed by atoms with E-state index >= 15 is 0 Å². The molecule has 32 heavy (non-hydrogen) atoms. The van der Waals surface area contributed by atoms with E-state index in [4.69, 9.17) is 15.2 Å². The molecule has 170 valence electrons. The Morgan fingerprint density at radius 1 is 1.38 bits per heavy atom. The van der Waals surface area contributed by atoms with Crippen LogP contribution in [-0.4, -0.2) is 62.1 Å². The van der Waals surface area contributed by atoms with Crippen molar-refractivity contribution in [2.75, 3.05) is 23.4 Å². The third-order valence-electron chi connectivity index (χ3n) is 4.89. The molecule has 2 aliphatic heterocycles. The molecule has 2 aliphatic rings. The number of thioether (sulfide) groups is 1. The maximum absolute atomic E-state index is 13.1. The molecule has 2 aromatic rings. The van der Waals surface area contributed by atoms with Gasteiger partial charge in [-0.05, 0) is 39.0 Å². The van der Waals surface area contributed by atoms with Gasteiger partial charge in [-0.1, -0.05) is 0 Å². The smallest absolute Gasteiger partial charge is 0.355 e. The highest BCUT2D eigenvalue weighted by atomic mass is 32.2. The number of carbonyl (C=O) groups excluding carboxylic acids is 3. The number of H-pyrrole nitrogens is 1. The lowest BCUT2D eigenvalue weighted by molar-refractivity contribution is -0.157. The monoisotopic (exact) mass is 459 g/mol. The summed E-state index contributed by atoms with van der Waals surface area (Å²) >= 11 is 1.48. The minimum atomic E-state index is -0.738. The summed E-state index contributed by atoms with van der Waals surface area (Å²) in [5.74, 6) is -0.504. The van der Waals surface area contributed by atoms with E-state index in [1.165, 1.54) is 23.6 Å². The van der Waals surface area contributed by atoms with Gasteiger partial charge >= 0.3 is 11.9 Å². The number of rotatable bonds is 5. The zero-order valence-corrected chi connectivity index (χ0v) is 19.0. The number of β-lactam (4-membered cyclic amide) rings is 1. The number of nitrogen functional groups attached to an aromatic ring is 1. The summed E-state index contributed by atoms with van der Waals surface area (Å²) in [6, 6.07) is 4.73. The highest BCUT2D eigenvalue weighted by molar-refractivity contribution is 8.00. The van der Waals surface area contributed by atoms with Crippen molar-refractivity contribution in [2.45, 2.75) is 44.7 Å². The van der Waals surface area contributed by atoms with Gasteiger partial charge in [-0.2, -0.15) is 0 Å². The Morgan fingerprint density at radius 2 is 2.12 bits per heavy atom. The number of anilines is 2. The van der Waals surface area contributed by atoms with Crippen LogP contribution in [0.5, 0.6) is 0 Å². The Kier molecular flexibility index (Phi) is 5.53. The zero-order valence-electron chi connectivity index (χ0n) is 18.2. The second-order valence-electron chi connectivity index (χ2n) is 8.63. The van der Waals surface area contributed by atoms with Crippen LogP contribution in [0.1, 0.15) is 27.7 Å². The molecule has 1 aromatic heterocycles. The summed E-state index contributed by atoms with van der Waals surface area (Å²) in [6.07, 6.45) is 0. The van der Waals surface area contributed by atoms with Crippen LogP contribution in [0.2, 0.25) is 0 Å². The van der Waals surface area contributed by atoms with Crippen molar-refractivity contribution < 1.29 is 23.9 Å². The van der Waals surface area contributed by atoms with Gasteiger partial charge in [0.1, 0.15) is 29.3 Å². The van der Waals surface area contributed by atoms with E-state index in [-0.39, 0.29) is 23.6 Å². The number of nitrogens with one attached hydrogen (secondary N) is 2. The first-order valence-corrected chi connectivity index (χ1v) is 11.1. The molecule has 0 bridgehead atoms. The van der Waals surface area contributed by atoms with Crippen LogP contribution >= 0.6 is 11.8 Å². The molecule has 1 fully saturated rings. The van der Waals surface area contributed by atoms with Gasteiger partial charge < -0.3 is 25.5 Å². The first kappa shape index (κ1) is 22.0. The van der Waals surface area contributed by atoms with Crippen molar-refractivity contribution in [1.82, 2.24) is 14.9 Å². The van der Waals surface area contributed by atoms with Gasteiger partial charge in [0.2, 0.25) is 5.95 Å².